The van der Waals surface area contributed by atoms with Gasteiger partial charge in [0.05, 0.1) is 29.5 Å². The molecule has 2 saturated carbocycles. The summed E-state index contributed by atoms with van der Waals surface area (Å²) in [4.78, 5) is 67.4. The van der Waals surface area contributed by atoms with Gasteiger partial charge in [-0.3, -0.25) is 28.9 Å². The number of aliphatic hydroxyl groups excluding tert-OH is 1. The van der Waals surface area contributed by atoms with Gasteiger partial charge in [0, 0.05) is 24.6 Å². The Kier molecular flexibility index (Phi) is 6.89. The molecule has 11 nitrogen and oxygen atoms in total. The Labute approximate surface area is 220 Å². The molecule has 0 spiro atoms. The number of fused-ring (bicyclic) bond motifs is 3. The molecule has 206 valence electrons. The van der Waals surface area contributed by atoms with Crippen molar-refractivity contribution in [1.82, 2.24) is 10.2 Å². The predicted octanol–water partition coefficient (Wildman–Crippen LogP) is -1.03. The second-order valence-corrected chi connectivity index (χ2v) is 12.1. The molecular weight excluding hydrogens is 494 g/mol. The number of hydrogen-bond acceptors (Lipinski definition) is 10. The van der Waals surface area contributed by atoms with Gasteiger partial charge in [-0.1, -0.05) is 32.9 Å². The van der Waals surface area contributed by atoms with Gasteiger partial charge in [0.2, 0.25) is 5.91 Å². The molecule has 0 heterocycles. The first-order chi connectivity index (χ1) is 17.5. The van der Waals surface area contributed by atoms with E-state index in [1.54, 1.807) is 12.1 Å². The monoisotopic (exact) mass is 529 g/mol. The molecule has 4 rings (SSSR count). The summed E-state index contributed by atoms with van der Waals surface area (Å²) in [7, 11) is 2.91. The molecular formula is C27H35N3O8. The minimum Gasteiger partial charge on any atom is -0.507 e. The van der Waals surface area contributed by atoms with Crippen molar-refractivity contribution in [3.8, 4) is 5.75 Å². The molecule has 1 aromatic carbocycles. The quantitative estimate of drug-likeness (QED) is 0.295. The third-order valence-corrected chi connectivity index (χ3v) is 8.07. The number of amides is 1. The van der Waals surface area contributed by atoms with E-state index in [0.717, 1.165) is 0 Å². The number of likely N-dealkylation sites (N-methyl/N-ethyl adjacent to an activating group) is 1. The van der Waals surface area contributed by atoms with E-state index < -0.39 is 70.5 Å². The molecule has 1 amide bonds. The molecule has 7 atom stereocenters. The van der Waals surface area contributed by atoms with Crippen LogP contribution in [0.15, 0.2) is 12.1 Å². The lowest BCUT2D eigenvalue weighted by molar-refractivity contribution is -0.195. The second kappa shape index (κ2) is 9.33. The summed E-state index contributed by atoms with van der Waals surface area (Å²) in [5, 5.41) is 37.3. The molecule has 2 fully saturated rings. The summed E-state index contributed by atoms with van der Waals surface area (Å²) >= 11 is 0. The van der Waals surface area contributed by atoms with E-state index >= 15 is 0 Å². The molecule has 11 heteroatoms. The van der Waals surface area contributed by atoms with Crippen LogP contribution in [0.3, 0.4) is 0 Å². The zero-order valence-corrected chi connectivity index (χ0v) is 22.1. The standard InChI is InChI=1S/C27H35N3O8/c1-26(2,3)10-29-9-12-7-6-11-8-13-15(21(33)14(11)19(12)31)23(35)27(38)17(20(13)32)18(30(4)5)22(34)16(24(27)36)25(28)37/h6-7,13,15-18,20,29,31-32,38H,8-10H2,1-5H3,(H2,28,37)/t13-,15?,16?,17-,18+,20+,27+/m0/s1. The number of carbonyl (C=O) groups is 5. The molecule has 1 aromatic rings. The number of aromatic hydroxyl groups is 1. The van der Waals surface area contributed by atoms with E-state index in [2.05, 4.69) is 5.32 Å². The molecule has 2 unspecified atom stereocenters. The highest BCUT2D eigenvalue weighted by molar-refractivity contribution is 6.32. The van der Waals surface area contributed by atoms with Crippen molar-refractivity contribution in [3.05, 3.63) is 28.8 Å². The van der Waals surface area contributed by atoms with Crippen LogP contribution in [-0.4, -0.2) is 87.6 Å². The number of phenolic OH excluding ortho intramolecular Hbond substituents is 1. The highest BCUT2D eigenvalue weighted by Gasteiger charge is 2.72. The zero-order valence-electron chi connectivity index (χ0n) is 22.1. The van der Waals surface area contributed by atoms with Gasteiger partial charge in [-0.25, -0.2) is 0 Å². The Morgan fingerprint density at radius 1 is 1.16 bits per heavy atom. The molecule has 0 saturated heterocycles. The van der Waals surface area contributed by atoms with E-state index in [9.17, 15) is 39.3 Å². The third-order valence-electron chi connectivity index (χ3n) is 8.07. The van der Waals surface area contributed by atoms with Crippen molar-refractivity contribution < 1.29 is 39.3 Å². The molecule has 0 aromatic heterocycles. The number of carbonyl (C=O) groups excluding carboxylic acids is 5. The van der Waals surface area contributed by atoms with E-state index in [1.165, 1.54) is 19.0 Å². The Morgan fingerprint density at radius 3 is 2.34 bits per heavy atom. The van der Waals surface area contributed by atoms with E-state index in [-0.39, 0.29) is 29.7 Å². The lowest BCUT2D eigenvalue weighted by Crippen LogP contribution is -2.77. The first kappa shape index (κ1) is 28.0. The maximum absolute atomic E-state index is 13.8. The summed E-state index contributed by atoms with van der Waals surface area (Å²) in [5.74, 6) is -12.4. The molecule has 0 bridgehead atoms. The van der Waals surface area contributed by atoms with Crippen LogP contribution in [0.1, 0.15) is 42.3 Å². The number of nitrogens with two attached hydrogens (primary N) is 1. The number of primary amides is 1. The fourth-order valence-electron chi connectivity index (χ4n) is 6.35. The maximum atomic E-state index is 13.8. The fraction of sp³-hybridized carbons (Fsp3) is 0.593. The summed E-state index contributed by atoms with van der Waals surface area (Å²) in [6.07, 6.45) is -1.62. The number of Topliss-reactive ketones (excluding diaryl/α,β-unsaturated/α-hetero) is 4. The molecule has 0 radical (unpaired) electrons. The molecule has 3 aliphatic rings. The molecule has 6 N–H and O–H groups in total. The first-order valence-electron chi connectivity index (χ1n) is 12.6. The SMILES string of the molecule is CN(C)[C@H]1C(=O)C(C(N)=O)C(=O)[C@]2(O)C(=O)C3C(=O)c4c(ccc(CNCC(C)(C)C)c4O)C[C@@H]3[C@@H](O)[C@H]12. The average molecular weight is 530 g/mol. The largest absolute Gasteiger partial charge is 0.507 e. The average Bonchev–Trinajstić information content (AvgIpc) is 2.79. The number of nitrogens with zero attached hydrogens (tertiary/aromatic N) is 1. The minimum absolute atomic E-state index is 0.00371. The van der Waals surface area contributed by atoms with Crippen molar-refractivity contribution >= 4 is 29.0 Å². The Bertz CT molecular complexity index is 1240. The summed E-state index contributed by atoms with van der Waals surface area (Å²) < 4.78 is 0. The van der Waals surface area contributed by atoms with Gasteiger partial charge >= 0.3 is 0 Å². The number of hydrogen-bond donors (Lipinski definition) is 5. The molecule has 38 heavy (non-hydrogen) atoms. The normalized spacial score (nSPS) is 33.2. The molecule has 0 aliphatic heterocycles. The van der Waals surface area contributed by atoms with Crippen LogP contribution in [0, 0.1) is 29.1 Å². The second-order valence-electron chi connectivity index (χ2n) is 12.1. The van der Waals surface area contributed by atoms with Gasteiger partial charge in [0.1, 0.15) is 5.75 Å². The Balaban J connectivity index is 1.79. The first-order valence-corrected chi connectivity index (χ1v) is 12.6. The lowest BCUT2D eigenvalue weighted by Gasteiger charge is -2.54. The summed E-state index contributed by atoms with van der Waals surface area (Å²) in [5.41, 5.74) is 3.04. The van der Waals surface area contributed by atoms with Crippen LogP contribution in [0.25, 0.3) is 0 Å². The van der Waals surface area contributed by atoms with Gasteiger partial charge < -0.3 is 26.4 Å². The van der Waals surface area contributed by atoms with Crippen molar-refractivity contribution in [2.24, 2.45) is 34.8 Å². The Morgan fingerprint density at radius 2 is 1.79 bits per heavy atom. The van der Waals surface area contributed by atoms with Gasteiger partial charge in [-0.2, -0.15) is 0 Å². The van der Waals surface area contributed by atoms with Gasteiger partial charge in [-0.15, -0.1) is 0 Å². The number of aliphatic hydroxyl groups is 2. The van der Waals surface area contributed by atoms with Crippen LogP contribution >= 0.6 is 0 Å². The Hall–Kier alpha value is -2.99. The minimum atomic E-state index is -2.99. The van der Waals surface area contributed by atoms with E-state index in [1.807, 2.05) is 20.8 Å². The van der Waals surface area contributed by atoms with Crippen LogP contribution in [0.2, 0.25) is 0 Å². The number of phenols is 1. The lowest BCUT2D eigenvalue weighted by atomic mass is 9.51. The fourth-order valence-corrected chi connectivity index (χ4v) is 6.35. The maximum Gasteiger partial charge on any atom is 0.235 e. The number of rotatable bonds is 5. The van der Waals surface area contributed by atoms with Gasteiger partial charge in [0.15, 0.2) is 34.7 Å². The summed E-state index contributed by atoms with van der Waals surface area (Å²) in [6.45, 7) is 7.01. The summed E-state index contributed by atoms with van der Waals surface area (Å²) in [6, 6.07) is 1.94. The van der Waals surface area contributed by atoms with E-state index in [4.69, 9.17) is 5.73 Å². The highest BCUT2D eigenvalue weighted by atomic mass is 16.3. The van der Waals surface area contributed by atoms with Gasteiger partial charge in [-0.05, 0) is 31.5 Å². The van der Waals surface area contributed by atoms with Crippen LogP contribution < -0.4 is 11.1 Å². The molecule has 3 aliphatic carbocycles. The van der Waals surface area contributed by atoms with Crippen LogP contribution in [0.4, 0.5) is 0 Å². The zero-order chi connectivity index (χ0) is 28.5. The van der Waals surface area contributed by atoms with E-state index in [0.29, 0.717) is 17.7 Å². The topological polar surface area (TPSA) is 187 Å². The van der Waals surface area contributed by atoms with Gasteiger partial charge in [0.25, 0.3) is 0 Å². The number of benzene rings is 1. The van der Waals surface area contributed by atoms with Crippen molar-refractivity contribution in [2.75, 3.05) is 20.6 Å². The van der Waals surface area contributed by atoms with Crippen molar-refractivity contribution in [3.63, 3.8) is 0 Å². The van der Waals surface area contributed by atoms with Crippen molar-refractivity contribution in [2.45, 2.75) is 51.5 Å². The number of ketones is 4. The predicted molar refractivity (Wildman–Crippen MR) is 134 cm³/mol. The van der Waals surface area contributed by atoms with Crippen LogP contribution in [0.5, 0.6) is 5.75 Å². The number of nitrogens with one attached hydrogen (secondary N) is 1. The smallest absolute Gasteiger partial charge is 0.235 e. The third kappa shape index (κ3) is 4.08. The highest BCUT2D eigenvalue weighted by Crippen LogP contribution is 2.51. The van der Waals surface area contributed by atoms with Crippen LogP contribution in [-0.2, 0) is 32.1 Å². The van der Waals surface area contributed by atoms with Crippen molar-refractivity contribution in [1.29, 1.82) is 0 Å².